The molecule has 1 heterocycles. The molecule has 0 radical (unpaired) electrons. The number of carbonyl (C=O) groups excluding carboxylic acids is 2. The van der Waals surface area contributed by atoms with Crippen LogP contribution in [0.5, 0.6) is 0 Å². The second-order valence-electron chi connectivity index (χ2n) is 5.84. The number of nitrogens with two attached hydrogens (primary N) is 1. The average molecular weight is 269 g/mol. The number of amides is 2. The molecule has 1 fully saturated rings. The molecule has 0 bridgehead atoms. The molecule has 1 aliphatic heterocycles. The van der Waals surface area contributed by atoms with Gasteiger partial charge in [0.15, 0.2) is 0 Å². The van der Waals surface area contributed by atoms with Gasteiger partial charge in [0.2, 0.25) is 11.8 Å². The Morgan fingerprint density at radius 2 is 1.84 bits per heavy atom. The standard InChI is InChI=1S/C14H27N3O2/c1-11(2)8-12(9-15)14(19)16(3)10-13(18)17-6-4-5-7-17/h11-12H,4-10,15H2,1-3H3. The second-order valence-corrected chi connectivity index (χ2v) is 5.84. The molecule has 5 nitrogen and oxygen atoms in total. The van der Waals surface area contributed by atoms with Gasteiger partial charge in [-0.1, -0.05) is 13.8 Å². The van der Waals surface area contributed by atoms with Gasteiger partial charge in [0.1, 0.15) is 0 Å². The molecule has 1 saturated heterocycles. The van der Waals surface area contributed by atoms with E-state index in [-0.39, 0.29) is 24.3 Å². The Labute approximate surface area is 116 Å². The lowest BCUT2D eigenvalue weighted by Crippen LogP contribution is -2.43. The summed E-state index contributed by atoms with van der Waals surface area (Å²) in [5.74, 6) is 0.300. The normalized spacial score (nSPS) is 16.8. The SMILES string of the molecule is CC(C)CC(CN)C(=O)N(C)CC(=O)N1CCCC1. The fraction of sp³-hybridized carbons (Fsp3) is 0.857. The molecule has 1 atom stereocenters. The maximum Gasteiger partial charge on any atom is 0.242 e. The van der Waals surface area contributed by atoms with Crippen molar-refractivity contribution in [1.29, 1.82) is 0 Å². The van der Waals surface area contributed by atoms with Crippen LogP contribution in [0.2, 0.25) is 0 Å². The summed E-state index contributed by atoms with van der Waals surface area (Å²) in [4.78, 5) is 27.6. The molecule has 2 N–H and O–H groups in total. The summed E-state index contributed by atoms with van der Waals surface area (Å²) in [6.45, 7) is 6.32. The van der Waals surface area contributed by atoms with Gasteiger partial charge in [-0.25, -0.2) is 0 Å². The lowest BCUT2D eigenvalue weighted by Gasteiger charge is -2.25. The average Bonchev–Trinajstić information content (AvgIpc) is 2.88. The Hall–Kier alpha value is -1.10. The van der Waals surface area contributed by atoms with Gasteiger partial charge in [0.05, 0.1) is 12.5 Å². The maximum atomic E-state index is 12.2. The number of likely N-dealkylation sites (N-methyl/N-ethyl adjacent to an activating group) is 1. The molecule has 110 valence electrons. The van der Waals surface area contributed by atoms with E-state index in [1.54, 1.807) is 7.05 Å². The van der Waals surface area contributed by atoms with E-state index in [9.17, 15) is 9.59 Å². The van der Waals surface area contributed by atoms with Crippen LogP contribution in [-0.4, -0.2) is 54.8 Å². The van der Waals surface area contributed by atoms with Gasteiger partial charge < -0.3 is 15.5 Å². The van der Waals surface area contributed by atoms with Crippen molar-refractivity contribution in [2.45, 2.75) is 33.1 Å². The summed E-state index contributed by atoms with van der Waals surface area (Å²) in [7, 11) is 1.69. The van der Waals surface area contributed by atoms with E-state index in [2.05, 4.69) is 13.8 Å². The largest absolute Gasteiger partial charge is 0.341 e. The second kappa shape index (κ2) is 7.48. The minimum atomic E-state index is -0.170. The topological polar surface area (TPSA) is 66.6 Å². The lowest BCUT2D eigenvalue weighted by molar-refractivity contribution is -0.141. The third-order valence-electron chi connectivity index (χ3n) is 3.60. The van der Waals surface area contributed by atoms with Gasteiger partial charge in [0.25, 0.3) is 0 Å². The number of rotatable bonds is 6. The zero-order valence-corrected chi connectivity index (χ0v) is 12.4. The number of carbonyl (C=O) groups is 2. The van der Waals surface area contributed by atoms with Crippen molar-refractivity contribution in [3.05, 3.63) is 0 Å². The van der Waals surface area contributed by atoms with E-state index in [0.29, 0.717) is 12.5 Å². The Balaban J connectivity index is 2.48. The van der Waals surface area contributed by atoms with Gasteiger partial charge in [-0.3, -0.25) is 9.59 Å². The zero-order chi connectivity index (χ0) is 14.4. The minimum Gasteiger partial charge on any atom is -0.341 e. The highest BCUT2D eigenvalue weighted by atomic mass is 16.2. The van der Waals surface area contributed by atoms with Crippen LogP contribution in [0.15, 0.2) is 0 Å². The summed E-state index contributed by atoms with van der Waals surface area (Å²) >= 11 is 0. The first-order valence-corrected chi connectivity index (χ1v) is 7.18. The zero-order valence-electron chi connectivity index (χ0n) is 12.4. The Morgan fingerprint density at radius 3 is 2.32 bits per heavy atom. The van der Waals surface area contributed by atoms with E-state index in [1.165, 1.54) is 4.90 Å². The van der Waals surface area contributed by atoms with Crippen molar-refractivity contribution in [2.75, 3.05) is 33.2 Å². The fourth-order valence-corrected chi connectivity index (χ4v) is 2.53. The predicted molar refractivity (Wildman–Crippen MR) is 75.5 cm³/mol. The van der Waals surface area contributed by atoms with E-state index in [1.807, 2.05) is 4.90 Å². The molecule has 1 aliphatic rings. The Kier molecular flexibility index (Phi) is 6.28. The number of hydrogen-bond acceptors (Lipinski definition) is 3. The molecule has 0 spiro atoms. The van der Waals surface area contributed by atoms with Crippen LogP contribution in [0.3, 0.4) is 0 Å². The summed E-state index contributed by atoms with van der Waals surface area (Å²) in [6.07, 6.45) is 2.92. The van der Waals surface area contributed by atoms with E-state index in [0.717, 1.165) is 32.4 Å². The van der Waals surface area contributed by atoms with E-state index >= 15 is 0 Å². The van der Waals surface area contributed by atoms with E-state index < -0.39 is 0 Å². The molecule has 0 saturated carbocycles. The Morgan fingerprint density at radius 1 is 1.26 bits per heavy atom. The molecule has 1 unspecified atom stereocenters. The van der Waals surface area contributed by atoms with E-state index in [4.69, 9.17) is 5.73 Å². The van der Waals surface area contributed by atoms with Crippen molar-refractivity contribution >= 4 is 11.8 Å². The molecule has 0 aromatic rings. The third-order valence-corrected chi connectivity index (χ3v) is 3.60. The summed E-state index contributed by atoms with van der Waals surface area (Å²) in [5.41, 5.74) is 5.67. The van der Waals surface area contributed by atoms with Gasteiger partial charge in [0, 0.05) is 26.7 Å². The molecule has 0 aliphatic carbocycles. The summed E-state index contributed by atoms with van der Waals surface area (Å²) in [5, 5.41) is 0. The first-order chi connectivity index (χ1) is 8.95. The number of nitrogens with zero attached hydrogens (tertiary/aromatic N) is 2. The summed E-state index contributed by atoms with van der Waals surface area (Å²) in [6, 6.07) is 0. The van der Waals surface area contributed by atoms with Crippen molar-refractivity contribution < 1.29 is 9.59 Å². The van der Waals surface area contributed by atoms with Gasteiger partial charge in [-0.2, -0.15) is 0 Å². The van der Waals surface area contributed by atoms with Crippen LogP contribution in [-0.2, 0) is 9.59 Å². The monoisotopic (exact) mass is 269 g/mol. The minimum absolute atomic E-state index is 0.0104. The smallest absolute Gasteiger partial charge is 0.242 e. The Bertz CT molecular complexity index is 312. The highest BCUT2D eigenvalue weighted by Crippen LogP contribution is 2.14. The van der Waals surface area contributed by atoms with Crippen LogP contribution < -0.4 is 5.73 Å². The lowest BCUT2D eigenvalue weighted by atomic mass is 9.96. The molecular formula is C14H27N3O2. The third kappa shape index (κ3) is 4.82. The maximum absolute atomic E-state index is 12.2. The van der Waals surface area contributed by atoms with Crippen LogP contribution in [0, 0.1) is 11.8 Å². The van der Waals surface area contributed by atoms with Crippen LogP contribution in [0.25, 0.3) is 0 Å². The number of hydrogen-bond donors (Lipinski definition) is 1. The molecule has 0 aromatic carbocycles. The van der Waals surface area contributed by atoms with Crippen LogP contribution in [0.4, 0.5) is 0 Å². The molecule has 1 rings (SSSR count). The fourth-order valence-electron chi connectivity index (χ4n) is 2.53. The summed E-state index contributed by atoms with van der Waals surface area (Å²) < 4.78 is 0. The highest BCUT2D eigenvalue weighted by Gasteiger charge is 2.25. The molecular weight excluding hydrogens is 242 g/mol. The van der Waals surface area contributed by atoms with Crippen molar-refractivity contribution in [3.63, 3.8) is 0 Å². The molecule has 19 heavy (non-hydrogen) atoms. The van der Waals surface area contributed by atoms with Crippen molar-refractivity contribution in [3.8, 4) is 0 Å². The quantitative estimate of drug-likeness (QED) is 0.771. The van der Waals surface area contributed by atoms with Gasteiger partial charge >= 0.3 is 0 Å². The predicted octanol–water partition coefficient (Wildman–Crippen LogP) is 0.688. The highest BCUT2D eigenvalue weighted by molar-refractivity contribution is 5.86. The van der Waals surface area contributed by atoms with Crippen molar-refractivity contribution in [2.24, 2.45) is 17.6 Å². The molecule has 5 heteroatoms. The molecule has 0 aromatic heterocycles. The van der Waals surface area contributed by atoms with Crippen LogP contribution >= 0.6 is 0 Å². The first kappa shape index (κ1) is 16.0. The first-order valence-electron chi connectivity index (χ1n) is 7.18. The van der Waals surface area contributed by atoms with Crippen molar-refractivity contribution in [1.82, 2.24) is 9.80 Å². The number of likely N-dealkylation sites (tertiary alicyclic amines) is 1. The van der Waals surface area contributed by atoms with Crippen LogP contribution in [0.1, 0.15) is 33.1 Å². The molecule has 2 amide bonds. The van der Waals surface area contributed by atoms with Gasteiger partial charge in [-0.05, 0) is 25.2 Å². The van der Waals surface area contributed by atoms with Gasteiger partial charge in [-0.15, -0.1) is 0 Å².